The Morgan fingerprint density at radius 2 is 1.86 bits per heavy atom. The van der Waals surface area contributed by atoms with Crippen LogP contribution in [0.5, 0.6) is 11.5 Å². The Morgan fingerprint density at radius 1 is 1.14 bits per heavy atom. The molecular weight excluding hydrogens is 370 g/mol. The van der Waals surface area contributed by atoms with Gasteiger partial charge < -0.3 is 19.5 Å². The quantitative estimate of drug-likeness (QED) is 0.862. The predicted octanol–water partition coefficient (Wildman–Crippen LogP) is 2.89. The molecule has 0 radical (unpaired) electrons. The van der Waals surface area contributed by atoms with Gasteiger partial charge in [-0.2, -0.15) is 0 Å². The average Bonchev–Trinajstić information content (AvgIpc) is 2.78. The summed E-state index contributed by atoms with van der Waals surface area (Å²) < 4.78 is 11.1. The summed E-state index contributed by atoms with van der Waals surface area (Å²) in [5.74, 6) is 0.488. The summed E-state index contributed by atoms with van der Waals surface area (Å²) >= 11 is 0. The summed E-state index contributed by atoms with van der Waals surface area (Å²) in [5, 5.41) is 9.94. The van der Waals surface area contributed by atoms with Gasteiger partial charge in [-0.25, -0.2) is 0 Å². The second kappa shape index (κ2) is 7.78. The molecule has 2 aromatic carbocycles. The molecule has 1 unspecified atom stereocenters. The number of ether oxygens (including phenoxy) is 2. The first-order chi connectivity index (χ1) is 14.0. The summed E-state index contributed by atoms with van der Waals surface area (Å²) in [6.45, 7) is 1.21. The standard InChI is InChI=1S/C23H25NO5/c1-28-19-7-8-20-16(14-19)13-17(15-29-20)21(25)24-11-9-23(10-12-24,22(26)27)18-5-3-2-4-6-18/h2-8,14,17H,9-13,15H2,1H3,(H,26,27). The molecule has 1 saturated heterocycles. The average molecular weight is 395 g/mol. The van der Waals surface area contributed by atoms with Crippen LogP contribution >= 0.6 is 0 Å². The van der Waals surface area contributed by atoms with Gasteiger partial charge in [-0.1, -0.05) is 30.3 Å². The van der Waals surface area contributed by atoms with Crippen LogP contribution in [0.15, 0.2) is 48.5 Å². The number of methoxy groups -OCH3 is 1. The van der Waals surface area contributed by atoms with Crippen LogP contribution in [0.2, 0.25) is 0 Å². The van der Waals surface area contributed by atoms with Crippen molar-refractivity contribution in [3.8, 4) is 11.5 Å². The molecule has 1 fully saturated rings. The van der Waals surface area contributed by atoms with Crippen LogP contribution < -0.4 is 9.47 Å². The lowest BCUT2D eigenvalue weighted by Gasteiger charge is -2.40. The minimum Gasteiger partial charge on any atom is -0.497 e. The third-order valence-corrected chi connectivity index (χ3v) is 6.19. The van der Waals surface area contributed by atoms with Gasteiger partial charge in [0.1, 0.15) is 18.1 Å². The Balaban J connectivity index is 1.46. The predicted molar refractivity (Wildman–Crippen MR) is 107 cm³/mol. The molecule has 2 aromatic rings. The molecule has 6 nitrogen and oxygen atoms in total. The first-order valence-electron chi connectivity index (χ1n) is 9.91. The van der Waals surface area contributed by atoms with Crippen LogP contribution in [0.3, 0.4) is 0 Å². The first-order valence-corrected chi connectivity index (χ1v) is 9.91. The largest absolute Gasteiger partial charge is 0.497 e. The monoisotopic (exact) mass is 395 g/mol. The number of piperidine rings is 1. The second-order valence-electron chi connectivity index (χ2n) is 7.76. The van der Waals surface area contributed by atoms with Gasteiger partial charge in [-0.05, 0) is 48.6 Å². The zero-order chi connectivity index (χ0) is 20.4. The van der Waals surface area contributed by atoms with Crippen LogP contribution in [0, 0.1) is 5.92 Å². The van der Waals surface area contributed by atoms with Crippen LogP contribution in [0.1, 0.15) is 24.0 Å². The number of aliphatic carboxylic acids is 1. The van der Waals surface area contributed by atoms with E-state index in [0.717, 1.165) is 22.6 Å². The number of carboxylic acids is 1. The van der Waals surface area contributed by atoms with Gasteiger partial charge in [0.15, 0.2) is 0 Å². The molecule has 29 heavy (non-hydrogen) atoms. The van der Waals surface area contributed by atoms with Crippen molar-refractivity contribution in [1.29, 1.82) is 0 Å². The zero-order valence-corrected chi connectivity index (χ0v) is 16.5. The number of nitrogens with zero attached hydrogens (tertiary/aromatic N) is 1. The van der Waals surface area contributed by atoms with Gasteiger partial charge in [0.25, 0.3) is 0 Å². The molecule has 0 saturated carbocycles. The molecule has 2 heterocycles. The highest BCUT2D eigenvalue weighted by Gasteiger charge is 2.44. The highest BCUT2D eigenvalue weighted by atomic mass is 16.5. The van der Waals surface area contributed by atoms with E-state index in [1.54, 1.807) is 12.0 Å². The number of amides is 1. The number of benzene rings is 2. The normalized spacial score (nSPS) is 20.3. The maximum atomic E-state index is 13.1. The third-order valence-electron chi connectivity index (χ3n) is 6.19. The van der Waals surface area contributed by atoms with Crippen LogP contribution in [0.25, 0.3) is 0 Å². The Labute approximate surface area is 170 Å². The molecule has 6 heteroatoms. The van der Waals surface area contributed by atoms with E-state index in [1.165, 1.54) is 0 Å². The number of fused-ring (bicyclic) bond motifs is 1. The lowest BCUT2D eigenvalue weighted by molar-refractivity contribution is -0.149. The molecule has 2 aliphatic heterocycles. The number of hydrogen-bond acceptors (Lipinski definition) is 4. The molecule has 1 N–H and O–H groups in total. The number of carboxylic acid groups (broad SMARTS) is 1. The molecule has 0 bridgehead atoms. The van der Waals surface area contributed by atoms with E-state index in [0.29, 0.717) is 39.0 Å². The van der Waals surface area contributed by atoms with E-state index in [4.69, 9.17) is 9.47 Å². The van der Waals surface area contributed by atoms with Gasteiger partial charge in [-0.15, -0.1) is 0 Å². The zero-order valence-electron chi connectivity index (χ0n) is 16.5. The summed E-state index contributed by atoms with van der Waals surface area (Å²) in [4.78, 5) is 27.0. The Hall–Kier alpha value is -3.02. The van der Waals surface area contributed by atoms with Crippen molar-refractivity contribution in [2.45, 2.75) is 24.7 Å². The van der Waals surface area contributed by atoms with Crippen molar-refractivity contribution >= 4 is 11.9 Å². The fourth-order valence-corrected chi connectivity index (χ4v) is 4.41. The van der Waals surface area contributed by atoms with Crippen molar-refractivity contribution in [1.82, 2.24) is 4.90 Å². The highest BCUT2D eigenvalue weighted by molar-refractivity contribution is 5.83. The van der Waals surface area contributed by atoms with E-state index in [9.17, 15) is 14.7 Å². The number of carbonyl (C=O) groups excluding carboxylic acids is 1. The molecule has 1 atom stereocenters. The summed E-state index contributed by atoms with van der Waals surface area (Å²) in [7, 11) is 1.61. The Kier molecular flexibility index (Phi) is 5.18. The Morgan fingerprint density at radius 3 is 2.52 bits per heavy atom. The molecular formula is C23H25NO5. The summed E-state index contributed by atoms with van der Waals surface area (Å²) in [6, 6.07) is 15.0. The highest BCUT2D eigenvalue weighted by Crippen LogP contribution is 2.37. The lowest BCUT2D eigenvalue weighted by atomic mass is 9.72. The topological polar surface area (TPSA) is 76.1 Å². The smallest absolute Gasteiger partial charge is 0.314 e. The SMILES string of the molecule is COc1ccc2c(c1)CC(C(=O)N1CCC(C(=O)O)(c3ccccc3)CC1)CO2. The van der Waals surface area contributed by atoms with Crippen LogP contribution in [0.4, 0.5) is 0 Å². The van der Waals surface area contributed by atoms with Gasteiger partial charge in [0.2, 0.25) is 5.91 Å². The number of carbonyl (C=O) groups is 2. The summed E-state index contributed by atoms with van der Waals surface area (Å²) in [5.41, 5.74) is 0.845. The van der Waals surface area contributed by atoms with E-state index >= 15 is 0 Å². The van der Waals surface area contributed by atoms with E-state index in [-0.39, 0.29) is 11.8 Å². The molecule has 4 rings (SSSR count). The number of hydrogen-bond donors (Lipinski definition) is 1. The molecule has 0 aliphatic carbocycles. The number of rotatable bonds is 4. The lowest BCUT2D eigenvalue weighted by Crippen LogP contribution is -2.51. The minimum atomic E-state index is -0.929. The first kappa shape index (κ1) is 19.3. The van der Waals surface area contributed by atoms with Gasteiger partial charge in [-0.3, -0.25) is 9.59 Å². The van der Waals surface area contributed by atoms with Gasteiger partial charge in [0, 0.05) is 13.1 Å². The van der Waals surface area contributed by atoms with Crippen LogP contribution in [-0.4, -0.2) is 48.7 Å². The van der Waals surface area contributed by atoms with Crippen molar-refractivity contribution in [2.24, 2.45) is 5.92 Å². The number of likely N-dealkylation sites (tertiary alicyclic amines) is 1. The van der Waals surface area contributed by atoms with E-state index < -0.39 is 11.4 Å². The van der Waals surface area contributed by atoms with Gasteiger partial charge >= 0.3 is 5.97 Å². The molecule has 0 aromatic heterocycles. The van der Waals surface area contributed by atoms with E-state index in [2.05, 4.69) is 0 Å². The third kappa shape index (κ3) is 3.55. The second-order valence-corrected chi connectivity index (χ2v) is 7.76. The fraction of sp³-hybridized carbons (Fsp3) is 0.391. The maximum Gasteiger partial charge on any atom is 0.314 e. The van der Waals surface area contributed by atoms with Crippen molar-refractivity contribution in [3.63, 3.8) is 0 Å². The summed E-state index contributed by atoms with van der Waals surface area (Å²) in [6.07, 6.45) is 1.43. The van der Waals surface area contributed by atoms with Crippen molar-refractivity contribution < 1.29 is 24.2 Å². The van der Waals surface area contributed by atoms with E-state index in [1.807, 2.05) is 48.5 Å². The fourth-order valence-electron chi connectivity index (χ4n) is 4.41. The minimum absolute atomic E-state index is 0.0329. The van der Waals surface area contributed by atoms with Gasteiger partial charge in [0.05, 0.1) is 18.4 Å². The molecule has 152 valence electrons. The van der Waals surface area contributed by atoms with Crippen LogP contribution in [-0.2, 0) is 21.4 Å². The molecule has 1 amide bonds. The Bertz CT molecular complexity index is 903. The molecule has 0 spiro atoms. The van der Waals surface area contributed by atoms with Crippen molar-refractivity contribution in [3.05, 3.63) is 59.7 Å². The molecule has 2 aliphatic rings. The maximum absolute atomic E-state index is 13.1. The van der Waals surface area contributed by atoms with Crippen molar-refractivity contribution in [2.75, 3.05) is 26.8 Å².